The van der Waals surface area contributed by atoms with Crippen LogP contribution < -0.4 is 21.3 Å². The second-order valence-corrected chi connectivity index (χ2v) is 9.21. The van der Waals surface area contributed by atoms with E-state index in [1.54, 1.807) is 30.3 Å². The second-order valence-electron chi connectivity index (χ2n) is 7.27. The maximum atomic E-state index is 13.2. The number of Topliss-reactive ketones (excluding diaryl/α,β-unsaturated/α-hetero) is 1. The van der Waals surface area contributed by atoms with E-state index in [0.717, 1.165) is 8.87 Å². The lowest BCUT2D eigenvalue weighted by molar-refractivity contribution is 0.0470. The average molecular weight is 487 g/mol. The molecular formula is C22H22N4O7S. The molecule has 0 atom stereocenters. The SMILES string of the molecule is CN(c1ccccc1)S(=O)(=O)c1ccccc1C(=O)OCC(=O)c1c(N)n(C)c(=O)n(C)c1=O. The Kier molecular flexibility index (Phi) is 6.73. The lowest BCUT2D eigenvalue weighted by Crippen LogP contribution is -2.42. The van der Waals surface area contributed by atoms with Gasteiger partial charge in [-0.3, -0.25) is 23.0 Å². The molecule has 34 heavy (non-hydrogen) atoms. The summed E-state index contributed by atoms with van der Waals surface area (Å²) in [5, 5.41) is 0. The van der Waals surface area contributed by atoms with E-state index in [-0.39, 0.29) is 16.3 Å². The van der Waals surface area contributed by atoms with Crippen molar-refractivity contribution in [2.75, 3.05) is 23.7 Å². The Hall–Kier alpha value is -4.19. The molecule has 3 aromatic rings. The molecule has 3 rings (SSSR count). The third-order valence-corrected chi connectivity index (χ3v) is 7.03. The predicted molar refractivity (Wildman–Crippen MR) is 124 cm³/mol. The van der Waals surface area contributed by atoms with Crippen molar-refractivity contribution in [2.45, 2.75) is 4.90 Å². The van der Waals surface area contributed by atoms with Gasteiger partial charge in [0.25, 0.3) is 15.6 Å². The number of anilines is 2. The topological polar surface area (TPSA) is 151 Å². The Labute approximate surface area is 194 Å². The molecule has 2 N–H and O–H groups in total. The molecule has 0 aliphatic heterocycles. The van der Waals surface area contributed by atoms with Crippen LogP contribution in [0.15, 0.2) is 69.1 Å². The summed E-state index contributed by atoms with van der Waals surface area (Å²) in [5.74, 6) is -2.40. The minimum absolute atomic E-state index is 0.292. The molecule has 0 fully saturated rings. The highest BCUT2D eigenvalue weighted by molar-refractivity contribution is 7.92. The molecule has 1 aromatic heterocycles. The van der Waals surface area contributed by atoms with Crippen molar-refractivity contribution in [2.24, 2.45) is 14.1 Å². The first-order chi connectivity index (χ1) is 16.0. The first-order valence-corrected chi connectivity index (χ1v) is 11.3. The van der Waals surface area contributed by atoms with Crippen molar-refractivity contribution in [3.05, 3.63) is 86.6 Å². The van der Waals surface area contributed by atoms with Crippen LogP contribution in [0.25, 0.3) is 0 Å². The number of aromatic nitrogens is 2. The van der Waals surface area contributed by atoms with Crippen LogP contribution in [-0.2, 0) is 28.9 Å². The maximum Gasteiger partial charge on any atom is 0.339 e. The van der Waals surface area contributed by atoms with Gasteiger partial charge >= 0.3 is 11.7 Å². The number of carbonyl (C=O) groups excluding carboxylic acids is 2. The van der Waals surface area contributed by atoms with Gasteiger partial charge in [-0.1, -0.05) is 30.3 Å². The molecule has 12 heteroatoms. The molecule has 0 bridgehead atoms. The van der Waals surface area contributed by atoms with Crippen molar-refractivity contribution in [3.8, 4) is 0 Å². The molecule has 2 aromatic carbocycles. The number of hydrogen-bond acceptors (Lipinski definition) is 8. The number of nitrogen functional groups attached to an aromatic ring is 1. The minimum atomic E-state index is -4.15. The van der Waals surface area contributed by atoms with Crippen LogP contribution in [0.2, 0.25) is 0 Å². The van der Waals surface area contributed by atoms with Gasteiger partial charge in [-0.05, 0) is 24.3 Å². The number of esters is 1. The molecular weight excluding hydrogens is 464 g/mol. The zero-order chi connectivity index (χ0) is 25.2. The maximum absolute atomic E-state index is 13.2. The Morgan fingerprint density at radius 1 is 0.971 bits per heavy atom. The molecule has 0 amide bonds. The van der Waals surface area contributed by atoms with Crippen LogP contribution in [0, 0.1) is 0 Å². The summed E-state index contributed by atoms with van der Waals surface area (Å²) < 4.78 is 34.0. The number of ketones is 1. The lowest BCUT2D eigenvalue weighted by Gasteiger charge is -2.20. The summed E-state index contributed by atoms with van der Waals surface area (Å²) in [6, 6.07) is 13.6. The molecule has 0 saturated heterocycles. The first kappa shape index (κ1) is 24.5. The smallest absolute Gasteiger partial charge is 0.339 e. The van der Waals surface area contributed by atoms with E-state index in [4.69, 9.17) is 10.5 Å². The molecule has 0 saturated carbocycles. The fraction of sp³-hybridized carbons (Fsp3) is 0.182. The van der Waals surface area contributed by atoms with Gasteiger partial charge < -0.3 is 10.5 Å². The molecule has 11 nitrogen and oxygen atoms in total. The number of carbonyl (C=O) groups is 2. The third-order valence-electron chi connectivity index (χ3n) is 5.19. The van der Waals surface area contributed by atoms with E-state index < -0.39 is 45.2 Å². The van der Waals surface area contributed by atoms with Crippen molar-refractivity contribution in [1.29, 1.82) is 0 Å². The van der Waals surface area contributed by atoms with E-state index in [1.807, 2.05) is 0 Å². The van der Waals surface area contributed by atoms with Gasteiger partial charge in [0.05, 0.1) is 11.3 Å². The van der Waals surface area contributed by atoms with Crippen LogP contribution in [-0.4, -0.2) is 43.0 Å². The second kappa shape index (κ2) is 9.35. The zero-order valence-corrected chi connectivity index (χ0v) is 19.4. The number of hydrogen-bond donors (Lipinski definition) is 1. The minimum Gasteiger partial charge on any atom is -0.454 e. The fourth-order valence-corrected chi connectivity index (χ4v) is 4.56. The van der Waals surface area contributed by atoms with Crippen molar-refractivity contribution < 1.29 is 22.7 Å². The van der Waals surface area contributed by atoms with Crippen LogP contribution in [0.5, 0.6) is 0 Å². The molecule has 1 heterocycles. The van der Waals surface area contributed by atoms with Crippen LogP contribution in [0.1, 0.15) is 20.7 Å². The molecule has 0 spiro atoms. The van der Waals surface area contributed by atoms with Crippen molar-refractivity contribution in [3.63, 3.8) is 0 Å². The fourth-order valence-electron chi connectivity index (χ4n) is 3.19. The number of benzene rings is 2. The normalized spacial score (nSPS) is 11.1. The highest BCUT2D eigenvalue weighted by atomic mass is 32.2. The summed E-state index contributed by atoms with van der Waals surface area (Å²) in [6.45, 7) is -0.890. The lowest BCUT2D eigenvalue weighted by atomic mass is 10.2. The zero-order valence-electron chi connectivity index (χ0n) is 18.6. The van der Waals surface area contributed by atoms with Gasteiger partial charge in [-0.15, -0.1) is 0 Å². The largest absolute Gasteiger partial charge is 0.454 e. The highest BCUT2D eigenvalue weighted by Crippen LogP contribution is 2.25. The molecule has 0 aliphatic rings. The summed E-state index contributed by atoms with van der Waals surface area (Å²) in [6.07, 6.45) is 0. The van der Waals surface area contributed by atoms with Crippen LogP contribution >= 0.6 is 0 Å². The molecule has 0 aliphatic carbocycles. The number of nitrogens with zero attached hydrogens (tertiary/aromatic N) is 3. The van der Waals surface area contributed by atoms with E-state index in [2.05, 4.69) is 0 Å². The van der Waals surface area contributed by atoms with Crippen molar-refractivity contribution in [1.82, 2.24) is 9.13 Å². The number of nitrogens with two attached hydrogens (primary N) is 1. The van der Waals surface area contributed by atoms with E-state index in [0.29, 0.717) is 10.3 Å². The van der Waals surface area contributed by atoms with Crippen molar-refractivity contribution >= 4 is 33.3 Å². The summed E-state index contributed by atoms with van der Waals surface area (Å²) in [7, 11) is -0.350. The molecule has 0 radical (unpaired) electrons. The van der Waals surface area contributed by atoms with E-state index >= 15 is 0 Å². The molecule has 178 valence electrons. The van der Waals surface area contributed by atoms with Gasteiger partial charge in [0.2, 0.25) is 5.78 Å². The third kappa shape index (κ3) is 4.35. The van der Waals surface area contributed by atoms with E-state index in [9.17, 15) is 27.6 Å². The van der Waals surface area contributed by atoms with Crippen LogP contribution in [0.4, 0.5) is 11.5 Å². The highest BCUT2D eigenvalue weighted by Gasteiger charge is 2.28. The average Bonchev–Trinajstić information content (AvgIpc) is 2.85. The van der Waals surface area contributed by atoms with Gasteiger partial charge in [0, 0.05) is 21.1 Å². The molecule has 0 unspecified atom stereocenters. The Balaban J connectivity index is 1.89. The van der Waals surface area contributed by atoms with Crippen LogP contribution in [0.3, 0.4) is 0 Å². The summed E-state index contributed by atoms with van der Waals surface area (Å²) in [5.41, 5.74) is 3.66. The Morgan fingerprint density at radius 2 is 1.56 bits per heavy atom. The van der Waals surface area contributed by atoms with E-state index in [1.165, 1.54) is 45.4 Å². The monoisotopic (exact) mass is 486 g/mol. The Bertz CT molecular complexity index is 1490. The summed E-state index contributed by atoms with van der Waals surface area (Å²) in [4.78, 5) is 49.3. The Morgan fingerprint density at radius 3 is 2.21 bits per heavy atom. The number of ether oxygens (including phenoxy) is 1. The van der Waals surface area contributed by atoms with Gasteiger partial charge in [-0.25, -0.2) is 18.0 Å². The van der Waals surface area contributed by atoms with Gasteiger partial charge in [-0.2, -0.15) is 0 Å². The predicted octanol–water partition coefficient (Wildman–Crippen LogP) is 0.531. The summed E-state index contributed by atoms with van der Waals surface area (Å²) >= 11 is 0. The standard InChI is InChI=1S/C22H22N4O7S/c1-24-19(23)18(20(28)25(2)22(24)30)16(27)13-33-21(29)15-11-7-8-12-17(15)34(31,32)26(3)14-9-5-4-6-10-14/h4-12H,13,23H2,1-3H3. The number of rotatable bonds is 7. The quantitative estimate of drug-likeness (QED) is 0.375. The number of para-hydroxylation sites is 1. The van der Waals surface area contributed by atoms with Gasteiger partial charge in [0.1, 0.15) is 16.3 Å². The number of sulfonamides is 1. The van der Waals surface area contributed by atoms with Gasteiger partial charge in [0.15, 0.2) is 6.61 Å². The first-order valence-electron chi connectivity index (χ1n) is 9.87.